The van der Waals surface area contributed by atoms with Crippen molar-refractivity contribution in [3.63, 3.8) is 0 Å². The van der Waals surface area contributed by atoms with Gasteiger partial charge in [-0.05, 0) is 18.3 Å². The fourth-order valence-corrected chi connectivity index (χ4v) is 3.53. The Balaban J connectivity index is 1.79. The number of aryl methyl sites for hydroxylation is 1. The van der Waals surface area contributed by atoms with Crippen LogP contribution in [0.1, 0.15) is 67.8 Å². The first-order valence-electron chi connectivity index (χ1n) is 8.32. The van der Waals surface area contributed by atoms with Crippen LogP contribution in [-0.2, 0) is 17.6 Å². The zero-order valence-electron chi connectivity index (χ0n) is 14.1. The summed E-state index contributed by atoms with van der Waals surface area (Å²) in [5.74, 6) is 0.375. The van der Waals surface area contributed by atoms with Gasteiger partial charge in [0.05, 0.1) is 16.8 Å². The smallest absolute Gasteiger partial charge is 0.168 e. The van der Waals surface area contributed by atoms with Crippen molar-refractivity contribution in [2.75, 3.05) is 0 Å². The van der Waals surface area contributed by atoms with Gasteiger partial charge in [0, 0.05) is 37.8 Å². The average molecular weight is 330 g/mol. The highest BCUT2D eigenvalue weighted by Crippen LogP contribution is 2.36. The number of aromatic nitrogens is 1. The molecule has 6 nitrogen and oxygen atoms in total. The van der Waals surface area contributed by atoms with E-state index >= 15 is 0 Å². The molecule has 0 saturated heterocycles. The Morgan fingerprint density at radius 1 is 1.25 bits per heavy atom. The zero-order chi connectivity index (χ0) is 17.5. The molecule has 0 bridgehead atoms. The monoisotopic (exact) mass is 330 g/mol. The highest BCUT2D eigenvalue weighted by Gasteiger charge is 2.36. The van der Waals surface area contributed by atoms with Crippen LogP contribution in [0.5, 0.6) is 0 Å². The van der Waals surface area contributed by atoms with Gasteiger partial charge in [0.25, 0.3) is 0 Å². The second-order valence-corrected chi connectivity index (χ2v) is 7.45. The van der Waals surface area contributed by atoms with E-state index in [1.807, 2.05) is 13.8 Å². The quantitative estimate of drug-likeness (QED) is 0.653. The average Bonchev–Trinajstić information content (AvgIpc) is 2.86. The first-order valence-corrected chi connectivity index (χ1v) is 8.32. The van der Waals surface area contributed by atoms with E-state index in [2.05, 4.69) is 5.16 Å². The van der Waals surface area contributed by atoms with Gasteiger partial charge < -0.3 is 15.0 Å². The van der Waals surface area contributed by atoms with Crippen molar-refractivity contribution < 1.29 is 19.2 Å². The molecule has 1 heterocycles. The second-order valence-electron chi connectivity index (χ2n) is 7.45. The van der Waals surface area contributed by atoms with Crippen molar-refractivity contribution in [3.8, 4) is 0 Å². The molecule has 6 heteroatoms. The number of nitrogens with zero attached hydrogens (tertiary/aromatic N) is 1. The molecule has 0 radical (unpaired) electrons. The van der Waals surface area contributed by atoms with Crippen LogP contribution < -0.4 is 0 Å². The van der Waals surface area contributed by atoms with Gasteiger partial charge in [-0.1, -0.05) is 19.0 Å². The van der Waals surface area contributed by atoms with Crippen molar-refractivity contribution in [2.24, 2.45) is 5.41 Å². The molecular weight excluding hydrogens is 308 g/mol. The summed E-state index contributed by atoms with van der Waals surface area (Å²) in [7, 11) is 0. The van der Waals surface area contributed by atoms with Crippen LogP contribution in [0.2, 0.25) is 0 Å². The van der Waals surface area contributed by atoms with Crippen LogP contribution in [0, 0.1) is 10.8 Å². The van der Waals surface area contributed by atoms with E-state index in [-0.39, 0.29) is 40.4 Å². The number of Topliss-reactive ketones (excluding diaryl/α,β-unsaturated/α-hetero) is 2. The van der Waals surface area contributed by atoms with Crippen LogP contribution in [-0.4, -0.2) is 27.5 Å². The molecule has 1 fully saturated rings. The molecular formula is C18H22N2O4. The second kappa shape index (κ2) is 6.00. The highest BCUT2D eigenvalue weighted by atomic mass is 16.5. The highest BCUT2D eigenvalue weighted by molar-refractivity contribution is 6.23. The van der Waals surface area contributed by atoms with Crippen LogP contribution in [0.3, 0.4) is 0 Å². The largest absolute Gasteiger partial charge is 0.511 e. The first kappa shape index (κ1) is 16.6. The Hall–Kier alpha value is -2.24. The third-order valence-electron chi connectivity index (χ3n) is 4.69. The van der Waals surface area contributed by atoms with E-state index < -0.39 is 0 Å². The predicted molar refractivity (Wildman–Crippen MR) is 87.5 cm³/mol. The topological polar surface area (TPSA) is 104 Å². The summed E-state index contributed by atoms with van der Waals surface area (Å²) in [6.07, 6.45) is 3.16. The lowest BCUT2D eigenvalue weighted by atomic mass is 9.76. The summed E-state index contributed by atoms with van der Waals surface area (Å²) in [4.78, 5) is 24.3. The maximum atomic E-state index is 12.4. The lowest BCUT2D eigenvalue weighted by molar-refractivity contribution is -0.115. The van der Waals surface area contributed by atoms with Gasteiger partial charge in [0.2, 0.25) is 0 Å². The molecule has 128 valence electrons. The van der Waals surface area contributed by atoms with E-state index in [1.54, 1.807) is 0 Å². The van der Waals surface area contributed by atoms with E-state index in [0.717, 1.165) is 0 Å². The molecule has 2 aliphatic rings. The lowest BCUT2D eigenvalue weighted by Gasteiger charge is -2.26. The molecule has 0 aromatic carbocycles. The molecule has 2 aliphatic carbocycles. The minimum absolute atomic E-state index is 0.0196. The molecule has 1 aromatic rings. The van der Waals surface area contributed by atoms with E-state index in [4.69, 9.17) is 9.93 Å². The first-order chi connectivity index (χ1) is 11.3. The third-order valence-corrected chi connectivity index (χ3v) is 4.69. The number of hydrogen-bond acceptors (Lipinski definition) is 6. The Labute approximate surface area is 140 Å². The Morgan fingerprint density at radius 2 is 2.00 bits per heavy atom. The van der Waals surface area contributed by atoms with Crippen molar-refractivity contribution in [2.45, 2.75) is 58.8 Å². The number of aliphatic hydroxyl groups is 1. The summed E-state index contributed by atoms with van der Waals surface area (Å²) in [6, 6.07) is 0. The van der Waals surface area contributed by atoms with Crippen LogP contribution >= 0.6 is 0 Å². The SMILES string of the molecule is CC1(C)CC(=O)c2c(CCC(O)=C3C(=N)CCCC3=O)noc2C1. The third kappa shape index (κ3) is 3.05. The van der Waals surface area contributed by atoms with Gasteiger partial charge in [-0.25, -0.2) is 0 Å². The summed E-state index contributed by atoms with van der Waals surface area (Å²) in [6.45, 7) is 4.04. The van der Waals surface area contributed by atoms with Crippen LogP contribution in [0.4, 0.5) is 0 Å². The number of carbonyl (C=O) groups is 2. The summed E-state index contributed by atoms with van der Waals surface area (Å²) >= 11 is 0. The predicted octanol–water partition coefficient (Wildman–Crippen LogP) is 3.35. The molecule has 0 spiro atoms. The summed E-state index contributed by atoms with van der Waals surface area (Å²) in [5.41, 5.74) is 1.29. The zero-order valence-corrected chi connectivity index (χ0v) is 14.1. The number of aliphatic hydroxyl groups excluding tert-OH is 1. The molecule has 0 atom stereocenters. The summed E-state index contributed by atoms with van der Waals surface area (Å²) < 4.78 is 5.34. The molecule has 0 amide bonds. The number of fused-ring (bicyclic) bond motifs is 1. The fraction of sp³-hybridized carbons (Fsp3) is 0.556. The summed E-state index contributed by atoms with van der Waals surface area (Å²) in [5, 5.41) is 22.1. The number of ketones is 2. The minimum Gasteiger partial charge on any atom is -0.511 e. The van der Waals surface area contributed by atoms with E-state index in [1.165, 1.54) is 0 Å². The number of hydrogen-bond donors (Lipinski definition) is 2. The Kier molecular flexibility index (Phi) is 4.15. The number of carbonyl (C=O) groups excluding carboxylic acids is 2. The van der Waals surface area contributed by atoms with E-state index in [9.17, 15) is 14.7 Å². The molecule has 3 rings (SSSR count). The van der Waals surface area contributed by atoms with Crippen molar-refractivity contribution >= 4 is 17.3 Å². The fourth-order valence-electron chi connectivity index (χ4n) is 3.53. The number of allylic oxidation sites excluding steroid dienone is 2. The van der Waals surface area contributed by atoms with Crippen molar-refractivity contribution in [1.29, 1.82) is 5.41 Å². The van der Waals surface area contributed by atoms with Gasteiger partial charge >= 0.3 is 0 Å². The minimum atomic E-state index is -0.177. The van der Waals surface area contributed by atoms with Crippen LogP contribution in [0.25, 0.3) is 0 Å². The van der Waals surface area contributed by atoms with Crippen molar-refractivity contribution in [1.82, 2.24) is 5.16 Å². The van der Waals surface area contributed by atoms with Gasteiger partial charge in [0.1, 0.15) is 11.5 Å². The molecule has 24 heavy (non-hydrogen) atoms. The van der Waals surface area contributed by atoms with Gasteiger partial charge in [-0.15, -0.1) is 0 Å². The van der Waals surface area contributed by atoms with Gasteiger partial charge in [-0.2, -0.15) is 0 Å². The molecule has 1 saturated carbocycles. The van der Waals surface area contributed by atoms with Gasteiger partial charge in [-0.3, -0.25) is 9.59 Å². The van der Waals surface area contributed by atoms with Crippen LogP contribution in [0.15, 0.2) is 15.9 Å². The maximum absolute atomic E-state index is 12.4. The lowest BCUT2D eigenvalue weighted by Crippen LogP contribution is -2.26. The van der Waals surface area contributed by atoms with Crippen molar-refractivity contribution in [3.05, 3.63) is 28.3 Å². The Bertz CT molecular complexity index is 737. The Morgan fingerprint density at radius 3 is 2.71 bits per heavy atom. The molecule has 0 unspecified atom stereocenters. The molecule has 1 aromatic heterocycles. The number of rotatable bonds is 3. The van der Waals surface area contributed by atoms with E-state index in [0.29, 0.717) is 55.5 Å². The maximum Gasteiger partial charge on any atom is 0.168 e. The normalized spacial score (nSPS) is 22.5. The number of nitrogens with one attached hydrogen (secondary N) is 1. The molecule has 0 aliphatic heterocycles. The molecule has 2 N–H and O–H groups in total. The standard InChI is InChI=1S/C18H22N2O4/c1-18(2)8-14(23)17-11(20-24-15(17)9-18)6-7-13(22)16-10(19)4-3-5-12(16)21/h19,22H,3-9H2,1-2H3. The van der Waals surface area contributed by atoms with Gasteiger partial charge in [0.15, 0.2) is 11.6 Å².